The van der Waals surface area contributed by atoms with Crippen LogP contribution in [0.3, 0.4) is 0 Å². The lowest BCUT2D eigenvalue weighted by Gasteiger charge is -2.38. The fourth-order valence-corrected chi connectivity index (χ4v) is 3.05. The summed E-state index contributed by atoms with van der Waals surface area (Å²) in [6.45, 7) is 3.23. The minimum atomic E-state index is -0.396. The Hall–Kier alpha value is -0.610. The van der Waals surface area contributed by atoms with Crippen molar-refractivity contribution in [2.45, 2.75) is 25.4 Å². The highest BCUT2D eigenvalue weighted by atomic mass is 16.5. The average Bonchev–Trinajstić information content (AvgIpc) is 2.43. The molecule has 0 aliphatic carbocycles. The smallest absolute Gasteiger partial charge is 0.247 e. The van der Waals surface area contributed by atoms with Gasteiger partial charge in [0, 0.05) is 19.1 Å². The molecule has 2 fully saturated rings. The van der Waals surface area contributed by atoms with Crippen molar-refractivity contribution < 1.29 is 9.53 Å². The highest BCUT2D eigenvalue weighted by Crippen LogP contribution is 2.42. The molecular weight excluding hydrogens is 180 g/mol. The zero-order valence-corrected chi connectivity index (χ0v) is 8.66. The summed E-state index contributed by atoms with van der Waals surface area (Å²) in [5.41, 5.74) is 5.39. The number of nitrogens with zero attached hydrogens (tertiary/aromatic N) is 1. The van der Waals surface area contributed by atoms with Gasteiger partial charge in [0.25, 0.3) is 0 Å². The number of nitrogens with two attached hydrogens (primary N) is 1. The van der Waals surface area contributed by atoms with Crippen LogP contribution in [-0.2, 0) is 9.53 Å². The second-order valence-corrected chi connectivity index (χ2v) is 4.51. The summed E-state index contributed by atoms with van der Waals surface area (Å²) < 4.78 is 5.27. The largest absolute Gasteiger partial charge is 0.371 e. The Morgan fingerprint density at radius 2 is 2.29 bits per heavy atom. The Kier molecular flexibility index (Phi) is 2.49. The summed E-state index contributed by atoms with van der Waals surface area (Å²) in [7, 11) is 1.58. The fourth-order valence-electron chi connectivity index (χ4n) is 3.05. The minimum Gasteiger partial charge on any atom is -0.371 e. The number of carbonyl (C=O) groups excluding carboxylic acids is 1. The number of ether oxygens (including phenoxy) is 1. The Balaban J connectivity index is 2.17. The van der Waals surface area contributed by atoms with Gasteiger partial charge in [0.2, 0.25) is 5.91 Å². The van der Waals surface area contributed by atoms with E-state index in [9.17, 15) is 4.79 Å². The molecule has 0 radical (unpaired) electrons. The van der Waals surface area contributed by atoms with E-state index in [-0.39, 0.29) is 11.3 Å². The summed E-state index contributed by atoms with van der Waals surface area (Å²) in [5, 5.41) is 0. The lowest BCUT2D eigenvalue weighted by Crippen LogP contribution is -2.49. The average molecular weight is 198 g/mol. The SMILES string of the molecule is COC(C(N)=O)C12CCCN(CC1)C2. The number of piperidine rings is 1. The minimum absolute atomic E-state index is 0.0127. The van der Waals surface area contributed by atoms with Crippen LogP contribution in [0.15, 0.2) is 0 Å². The molecule has 2 aliphatic rings. The first-order chi connectivity index (χ1) is 6.68. The second kappa shape index (κ2) is 3.51. The Labute approximate surface area is 84.4 Å². The molecule has 2 aliphatic heterocycles. The van der Waals surface area contributed by atoms with E-state index in [1.807, 2.05) is 0 Å². The van der Waals surface area contributed by atoms with Gasteiger partial charge >= 0.3 is 0 Å². The maximum absolute atomic E-state index is 11.3. The first kappa shape index (κ1) is 9.93. The van der Waals surface area contributed by atoms with Gasteiger partial charge in [-0.15, -0.1) is 0 Å². The monoisotopic (exact) mass is 198 g/mol. The molecule has 2 bridgehead atoms. The van der Waals surface area contributed by atoms with E-state index in [0.717, 1.165) is 38.9 Å². The maximum Gasteiger partial charge on any atom is 0.247 e. The van der Waals surface area contributed by atoms with E-state index in [1.165, 1.54) is 0 Å². The van der Waals surface area contributed by atoms with Crippen molar-refractivity contribution in [1.82, 2.24) is 4.90 Å². The number of methoxy groups -OCH3 is 1. The molecule has 3 unspecified atom stereocenters. The quantitative estimate of drug-likeness (QED) is 0.693. The van der Waals surface area contributed by atoms with Crippen LogP contribution in [-0.4, -0.2) is 43.7 Å². The molecule has 0 spiro atoms. The van der Waals surface area contributed by atoms with Crippen molar-refractivity contribution >= 4 is 5.91 Å². The van der Waals surface area contributed by atoms with Crippen molar-refractivity contribution in [1.29, 1.82) is 0 Å². The molecule has 2 N–H and O–H groups in total. The standard InChI is InChI=1S/C10H18N2O2/c1-14-8(9(11)13)10-3-2-5-12(7-10)6-4-10/h8H,2-7H2,1H3,(H2,11,13). The number of primary amides is 1. The van der Waals surface area contributed by atoms with Crippen molar-refractivity contribution in [3.8, 4) is 0 Å². The second-order valence-electron chi connectivity index (χ2n) is 4.51. The van der Waals surface area contributed by atoms with Gasteiger partial charge in [-0.1, -0.05) is 0 Å². The third-order valence-electron chi connectivity index (χ3n) is 3.66. The van der Waals surface area contributed by atoms with Gasteiger partial charge in [-0.05, 0) is 32.4 Å². The molecular formula is C10H18N2O2. The Bertz CT molecular complexity index is 240. The summed E-state index contributed by atoms with van der Waals surface area (Å²) >= 11 is 0. The molecule has 1 amide bonds. The molecule has 0 aromatic rings. The third kappa shape index (κ3) is 1.42. The fraction of sp³-hybridized carbons (Fsp3) is 0.900. The molecule has 3 atom stereocenters. The van der Waals surface area contributed by atoms with E-state index >= 15 is 0 Å². The summed E-state index contributed by atoms with van der Waals surface area (Å²) in [6, 6.07) is 0. The lowest BCUT2D eigenvalue weighted by atomic mass is 9.75. The van der Waals surface area contributed by atoms with Crippen LogP contribution in [0.1, 0.15) is 19.3 Å². The van der Waals surface area contributed by atoms with Crippen molar-refractivity contribution in [2.75, 3.05) is 26.7 Å². The topological polar surface area (TPSA) is 55.6 Å². The van der Waals surface area contributed by atoms with Gasteiger partial charge in [0.1, 0.15) is 6.10 Å². The molecule has 0 saturated carbocycles. The van der Waals surface area contributed by atoms with Gasteiger partial charge < -0.3 is 15.4 Å². The molecule has 80 valence electrons. The van der Waals surface area contributed by atoms with Crippen LogP contribution in [0.5, 0.6) is 0 Å². The van der Waals surface area contributed by atoms with Crippen molar-refractivity contribution in [3.63, 3.8) is 0 Å². The molecule has 2 heterocycles. The normalized spacial score (nSPS) is 38.2. The van der Waals surface area contributed by atoms with Gasteiger partial charge in [0.15, 0.2) is 0 Å². The van der Waals surface area contributed by atoms with Crippen LogP contribution in [0.4, 0.5) is 0 Å². The summed E-state index contributed by atoms with van der Waals surface area (Å²) in [6.07, 6.45) is 2.89. The Morgan fingerprint density at radius 3 is 2.93 bits per heavy atom. The van der Waals surface area contributed by atoms with Crippen LogP contribution in [0.2, 0.25) is 0 Å². The van der Waals surface area contributed by atoms with E-state index < -0.39 is 6.10 Å². The summed E-state index contributed by atoms with van der Waals surface area (Å²) in [5.74, 6) is -0.309. The highest BCUT2D eigenvalue weighted by Gasteiger charge is 2.48. The number of amides is 1. The third-order valence-corrected chi connectivity index (χ3v) is 3.66. The molecule has 4 heteroatoms. The first-order valence-corrected chi connectivity index (χ1v) is 5.22. The van der Waals surface area contributed by atoms with Crippen molar-refractivity contribution in [2.24, 2.45) is 11.1 Å². The van der Waals surface area contributed by atoms with E-state index in [2.05, 4.69) is 4.90 Å². The maximum atomic E-state index is 11.3. The number of hydrogen-bond acceptors (Lipinski definition) is 3. The first-order valence-electron chi connectivity index (χ1n) is 5.22. The lowest BCUT2D eigenvalue weighted by molar-refractivity contribution is -0.137. The zero-order valence-electron chi connectivity index (χ0n) is 8.66. The number of rotatable bonds is 3. The van der Waals surface area contributed by atoms with E-state index in [1.54, 1.807) is 7.11 Å². The molecule has 4 nitrogen and oxygen atoms in total. The molecule has 14 heavy (non-hydrogen) atoms. The predicted molar refractivity (Wildman–Crippen MR) is 52.7 cm³/mol. The van der Waals surface area contributed by atoms with E-state index in [0.29, 0.717) is 0 Å². The van der Waals surface area contributed by atoms with Crippen LogP contribution in [0.25, 0.3) is 0 Å². The Morgan fingerprint density at radius 1 is 1.50 bits per heavy atom. The number of carbonyl (C=O) groups is 1. The van der Waals surface area contributed by atoms with Gasteiger partial charge in [-0.3, -0.25) is 4.79 Å². The van der Waals surface area contributed by atoms with Crippen molar-refractivity contribution in [3.05, 3.63) is 0 Å². The van der Waals surface area contributed by atoms with E-state index in [4.69, 9.17) is 10.5 Å². The molecule has 0 aromatic carbocycles. The predicted octanol–water partition coefficient (Wildman–Crippen LogP) is -0.0274. The summed E-state index contributed by atoms with van der Waals surface area (Å²) in [4.78, 5) is 13.7. The van der Waals surface area contributed by atoms with Crippen LogP contribution >= 0.6 is 0 Å². The van der Waals surface area contributed by atoms with Crippen LogP contribution in [0, 0.1) is 5.41 Å². The molecule has 2 rings (SSSR count). The van der Waals surface area contributed by atoms with Crippen LogP contribution < -0.4 is 5.73 Å². The number of fused-ring (bicyclic) bond motifs is 2. The van der Waals surface area contributed by atoms with Gasteiger partial charge in [-0.25, -0.2) is 0 Å². The van der Waals surface area contributed by atoms with Gasteiger partial charge in [-0.2, -0.15) is 0 Å². The highest BCUT2D eigenvalue weighted by molar-refractivity contribution is 5.80. The van der Waals surface area contributed by atoms with Gasteiger partial charge in [0.05, 0.1) is 0 Å². The molecule has 0 aromatic heterocycles. The number of hydrogen-bond donors (Lipinski definition) is 1. The molecule has 2 saturated heterocycles. The zero-order chi connectivity index (χ0) is 10.2.